The third kappa shape index (κ3) is 3.84. The Labute approximate surface area is 172 Å². The summed E-state index contributed by atoms with van der Waals surface area (Å²) >= 11 is 0. The molecule has 2 unspecified atom stereocenters. The average molecular weight is 406 g/mol. The number of hydrogen-bond acceptors (Lipinski definition) is 4. The molecule has 5 N–H and O–H groups in total. The molecule has 0 spiro atoms. The minimum atomic E-state index is -1.06. The van der Waals surface area contributed by atoms with E-state index in [0.29, 0.717) is 17.8 Å². The van der Waals surface area contributed by atoms with E-state index in [4.69, 9.17) is 0 Å². The van der Waals surface area contributed by atoms with Gasteiger partial charge in [0.2, 0.25) is 5.91 Å². The number of fused-ring (bicyclic) bond motifs is 2. The highest BCUT2D eigenvalue weighted by molar-refractivity contribution is 5.96. The fraction of sp³-hybridized carbons (Fsp3) is 0.227. The van der Waals surface area contributed by atoms with Crippen molar-refractivity contribution in [2.75, 3.05) is 5.32 Å². The molecule has 0 saturated heterocycles. The second-order valence-corrected chi connectivity index (χ2v) is 7.40. The Kier molecular flexibility index (Phi) is 5.14. The Morgan fingerprint density at radius 3 is 2.77 bits per heavy atom. The molecule has 0 saturated carbocycles. The second kappa shape index (κ2) is 7.90. The number of rotatable bonds is 5. The van der Waals surface area contributed by atoms with Gasteiger partial charge in [-0.25, -0.2) is 0 Å². The molecule has 30 heavy (non-hydrogen) atoms. The first-order valence-electron chi connectivity index (χ1n) is 9.67. The summed E-state index contributed by atoms with van der Waals surface area (Å²) in [7, 11) is 0. The maximum absolute atomic E-state index is 12.6. The van der Waals surface area contributed by atoms with Gasteiger partial charge in [0.25, 0.3) is 5.91 Å². The van der Waals surface area contributed by atoms with Gasteiger partial charge >= 0.3 is 5.97 Å². The zero-order chi connectivity index (χ0) is 21.3. The van der Waals surface area contributed by atoms with Crippen molar-refractivity contribution in [1.82, 2.24) is 15.6 Å². The maximum atomic E-state index is 12.6. The Hall–Kier alpha value is -3.81. The van der Waals surface area contributed by atoms with E-state index in [9.17, 15) is 19.5 Å². The summed E-state index contributed by atoms with van der Waals surface area (Å²) in [6, 6.07) is 14.1. The van der Waals surface area contributed by atoms with Gasteiger partial charge in [0, 0.05) is 29.0 Å². The normalized spacial score (nSPS) is 16.7. The SMILES string of the molecule is CC(C(=O)O)C1Nc2ccc(C(=O)NCc3cc4ccccc4[nH]3)cc2CNC1=O. The first-order valence-corrected chi connectivity index (χ1v) is 9.67. The molecular weight excluding hydrogens is 384 g/mol. The quantitative estimate of drug-likeness (QED) is 0.445. The third-order valence-electron chi connectivity index (χ3n) is 5.33. The summed E-state index contributed by atoms with van der Waals surface area (Å²) in [5.74, 6) is -2.57. The number of aromatic amines is 1. The van der Waals surface area contributed by atoms with Crippen LogP contribution in [0.15, 0.2) is 48.5 Å². The van der Waals surface area contributed by atoms with Crippen molar-refractivity contribution in [1.29, 1.82) is 0 Å². The number of benzene rings is 2. The van der Waals surface area contributed by atoms with Crippen LogP contribution in [0, 0.1) is 5.92 Å². The van der Waals surface area contributed by atoms with Crippen LogP contribution in [0.4, 0.5) is 5.69 Å². The Morgan fingerprint density at radius 1 is 1.20 bits per heavy atom. The fourth-order valence-corrected chi connectivity index (χ4v) is 3.55. The zero-order valence-corrected chi connectivity index (χ0v) is 16.4. The van der Waals surface area contributed by atoms with Crippen molar-refractivity contribution in [3.8, 4) is 0 Å². The highest BCUT2D eigenvalue weighted by Crippen LogP contribution is 2.23. The fourth-order valence-electron chi connectivity index (χ4n) is 3.55. The van der Waals surface area contributed by atoms with Crippen molar-refractivity contribution >= 4 is 34.4 Å². The number of aromatic nitrogens is 1. The second-order valence-electron chi connectivity index (χ2n) is 7.40. The summed E-state index contributed by atoms with van der Waals surface area (Å²) < 4.78 is 0. The molecular formula is C22H22N4O4. The van der Waals surface area contributed by atoms with Gasteiger partial charge < -0.3 is 26.0 Å². The van der Waals surface area contributed by atoms with Crippen LogP contribution in [0.2, 0.25) is 0 Å². The molecule has 4 rings (SSSR count). The zero-order valence-electron chi connectivity index (χ0n) is 16.4. The molecule has 1 aliphatic heterocycles. The topological polar surface area (TPSA) is 123 Å². The highest BCUT2D eigenvalue weighted by Gasteiger charge is 2.32. The average Bonchev–Trinajstić information content (AvgIpc) is 3.09. The minimum absolute atomic E-state index is 0.215. The van der Waals surface area contributed by atoms with Crippen molar-refractivity contribution in [2.24, 2.45) is 5.92 Å². The smallest absolute Gasteiger partial charge is 0.308 e. The number of carboxylic acid groups (broad SMARTS) is 1. The summed E-state index contributed by atoms with van der Waals surface area (Å²) in [4.78, 5) is 39.4. The Bertz CT molecular complexity index is 1100. The van der Waals surface area contributed by atoms with Gasteiger partial charge in [-0.2, -0.15) is 0 Å². The predicted molar refractivity (Wildman–Crippen MR) is 112 cm³/mol. The summed E-state index contributed by atoms with van der Waals surface area (Å²) in [6.45, 7) is 2.06. The Morgan fingerprint density at radius 2 is 2.00 bits per heavy atom. The summed E-state index contributed by atoms with van der Waals surface area (Å²) in [5.41, 5.74) is 3.74. The molecule has 2 aromatic carbocycles. The van der Waals surface area contributed by atoms with Crippen molar-refractivity contribution in [3.63, 3.8) is 0 Å². The van der Waals surface area contributed by atoms with Crippen LogP contribution in [-0.2, 0) is 22.7 Å². The number of hydrogen-bond donors (Lipinski definition) is 5. The van der Waals surface area contributed by atoms with E-state index < -0.39 is 17.9 Å². The lowest BCUT2D eigenvalue weighted by Crippen LogP contribution is -2.44. The number of carbonyl (C=O) groups excluding carboxylic acids is 2. The number of H-pyrrole nitrogens is 1. The monoisotopic (exact) mass is 406 g/mol. The summed E-state index contributed by atoms with van der Waals surface area (Å²) in [6.07, 6.45) is 0. The van der Waals surface area contributed by atoms with Crippen molar-refractivity contribution in [3.05, 3.63) is 65.4 Å². The van der Waals surface area contributed by atoms with Crippen LogP contribution >= 0.6 is 0 Å². The van der Waals surface area contributed by atoms with Crippen molar-refractivity contribution < 1.29 is 19.5 Å². The number of carbonyl (C=O) groups is 3. The highest BCUT2D eigenvalue weighted by atomic mass is 16.4. The van der Waals surface area contributed by atoms with Crippen LogP contribution in [-0.4, -0.2) is 33.9 Å². The first-order chi connectivity index (χ1) is 14.4. The number of nitrogens with one attached hydrogen (secondary N) is 4. The first kappa shape index (κ1) is 19.5. The molecule has 3 aromatic rings. The van der Waals surface area contributed by atoms with Gasteiger partial charge in [0.1, 0.15) is 6.04 Å². The number of amides is 2. The molecule has 0 radical (unpaired) electrons. The van der Waals surface area contributed by atoms with E-state index in [1.807, 2.05) is 30.3 Å². The molecule has 1 aliphatic rings. The number of anilines is 1. The van der Waals surface area contributed by atoms with Crippen LogP contribution in [0.1, 0.15) is 28.5 Å². The number of para-hydroxylation sites is 1. The third-order valence-corrected chi connectivity index (χ3v) is 5.33. The van der Waals surface area contributed by atoms with Crippen molar-refractivity contribution in [2.45, 2.75) is 26.1 Å². The van der Waals surface area contributed by atoms with E-state index in [-0.39, 0.29) is 18.4 Å². The molecule has 8 heteroatoms. The molecule has 1 aromatic heterocycles. The largest absolute Gasteiger partial charge is 0.481 e. The molecule has 0 fully saturated rings. The van der Waals surface area contributed by atoms with Gasteiger partial charge in [-0.15, -0.1) is 0 Å². The van der Waals surface area contributed by atoms with Gasteiger partial charge in [-0.3, -0.25) is 14.4 Å². The van der Waals surface area contributed by atoms with Gasteiger partial charge in [-0.05, 0) is 48.2 Å². The van der Waals surface area contributed by atoms with Crippen LogP contribution < -0.4 is 16.0 Å². The summed E-state index contributed by atoms with van der Waals surface area (Å²) in [5, 5.41) is 18.9. The number of aliphatic carboxylic acids is 1. The van der Waals surface area contributed by atoms with Crippen LogP contribution in [0.25, 0.3) is 10.9 Å². The van der Waals surface area contributed by atoms with Crippen LogP contribution in [0.3, 0.4) is 0 Å². The maximum Gasteiger partial charge on any atom is 0.308 e. The van der Waals surface area contributed by atoms with Gasteiger partial charge in [0.05, 0.1) is 12.5 Å². The van der Waals surface area contributed by atoms with E-state index in [0.717, 1.165) is 22.2 Å². The molecule has 0 aliphatic carbocycles. The molecule has 0 bridgehead atoms. The molecule has 2 heterocycles. The van der Waals surface area contributed by atoms with E-state index >= 15 is 0 Å². The molecule has 154 valence electrons. The molecule has 2 atom stereocenters. The molecule has 8 nitrogen and oxygen atoms in total. The lowest BCUT2D eigenvalue weighted by Gasteiger charge is -2.20. The Balaban J connectivity index is 1.47. The molecule has 2 amide bonds. The van der Waals surface area contributed by atoms with E-state index in [1.165, 1.54) is 6.92 Å². The lowest BCUT2D eigenvalue weighted by atomic mass is 10.0. The van der Waals surface area contributed by atoms with E-state index in [2.05, 4.69) is 20.9 Å². The van der Waals surface area contributed by atoms with Gasteiger partial charge in [-0.1, -0.05) is 18.2 Å². The van der Waals surface area contributed by atoms with Gasteiger partial charge in [0.15, 0.2) is 0 Å². The lowest BCUT2D eigenvalue weighted by molar-refractivity contribution is -0.143. The number of carboxylic acids is 1. The van der Waals surface area contributed by atoms with Crippen LogP contribution in [0.5, 0.6) is 0 Å². The standard InChI is InChI=1S/C22H22N4O4/c1-12(22(29)30)19-21(28)23-10-15-8-14(6-7-18(15)26-19)20(27)24-11-16-9-13-4-2-3-5-17(13)25-16/h2-9,12,19,25-26H,10-11H2,1H3,(H,23,28)(H,24,27)(H,29,30). The minimum Gasteiger partial charge on any atom is -0.481 e. The van der Waals surface area contributed by atoms with E-state index in [1.54, 1.807) is 18.2 Å². The predicted octanol–water partition coefficient (Wildman–Crippen LogP) is 2.23.